The standard InChI is InChI=1S/C18H18F5N3O.HI/c1-24-17(26-10-13-8-14(19)5-6-16(13)20)25-9-12-3-2-4-15(7-12)27-11-18(21,22)23;/h2-8H,9-11H2,1H3,(H2,24,25,26);1H. The van der Waals surface area contributed by atoms with E-state index in [0.717, 1.165) is 18.2 Å². The maximum atomic E-state index is 13.6. The van der Waals surface area contributed by atoms with Crippen molar-refractivity contribution in [3.63, 3.8) is 0 Å². The summed E-state index contributed by atoms with van der Waals surface area (Å²) in [6, 6.07) is 9.31. The summed E-state index contributed by atoms with van der Waals surface area (Å²) < 4.78 is 68.1. The lowest BCUT2D eigenvalue weighted by Gasteiger charge is -2.13. The summed E-state index contributed by atoms with van der Waals surface area (Å²) in [5, 5.41) is 5.77. The summed E-state index contributed by atoms with van der Waals surface area (Å²) in [5.41, 5.74) is 0.801. The number of hydrogen-bond donors (Lipinski definition) is 2. The van der Waals surface area contributed by atoms with Crippen LogP contribution in [0.5, 0.6) is 5.75 Å². The summed E-state index contributed by atoms with van der Waals surface area (Å²) in [4.78, 5) is 3.96. The zero-order valence-corrected chi connectivity index (χ0v) is 17.1. The Kier molecular flexibility index (Phi) is 9.42. The summed E-state index contributed by atoms with van der Waals surface area (Å²) >= 11 is 0. The van der Waals surface area contributed by atoms with Gasteiger partial charge < -0.3 is 15.4 Å². The molecule has 10 heteroatoms. The van der Waals surface area contributed by atoms with Crippen LogP contribution in [0.1, 0.15) is 11.1 Å². The van der Waals surface area contributed by atoms with Gasteiger partial charge in [-0.15, -0.1) is 24.0 Å². The van der Waals surface area contributed by atoms with Crippen LogP contribution in [-0.2, 0) is 13.1 Å². The molecule has 154 valence electrons. The Labute approximate surface area is 176 Å². The Bertz CT molecular complexity index is 799. The molecule has 0 heterocycles. The molecule has 0 unspecified atom stereocenters. The van der Waals surface area contributed by atoms with E-state index >= 15 is 0 Å². The lowest BCUT2D eigenvalue weighted by molar-refractivity contribution is -0.153. The maximum Gasteiger partial charge on any atom is 0.422 e. The molecule has 2 aromatic carbocycles. The molecule has 0 atom stereocenters. The van der Waals surface area contributed by atoms with E-state index in [1.165, 1.54) is 19.2 Å². The lowest BCUT2D eigenvalue weighted by Crippen LogP contribution is -2.36. The van der Waals surface area contributed by atoms with Gasteiger partial charge in [0.25, 0.3) is 0 Å². The molecule has 0 saturated carbocycles. The van der Waals surface area contributed by atoms with Crippen LogP contribution in [-0.4, -0.2) is 25.8 Å². The van der Waals surface area contributed by atoms with Gasteiger partial charge in [0.05, 0.1) is 0 Å². The Balaban J connectivity index is 0.00000392. The smallest absolute Gasteiger partial charge is 0.422 e. The molecule has 0 fully saturated rings. The number of aliphatic imine (C=N–C) groups is 1. The first kappa shape index (κ1) is 23.9. The van der Waals surface area contributed by atoms with Gasteiger partial charge in [-0.2, -0.15) is 13.2 Å². The lowest BCUT2D eigenvalue weighted by atomic mass is 10.2. The SMILES string of the molecule is CN=C(NCc1cccc(OCC(F)(F)F)c1)NCc1cc(F)ccc1F.I. The van der Waals surface area contributed by atoms with Crippen molar-refractivity contribution in [1.29, 1.82) is 0 Å². The van der Waals surface area contributed by atoms with Crippen LogP contribution in [0.3, 0.4) is 0 Å². The van der Waals surface area contributed by atoms with Gasteiger partial charge in [0.2, 0.25) is 0 Å². The number of nitrogens with zero attached hydrogens (tertiary/aromatic N) is 1. The molecule has 0 aliphatic carbocycles. The van der Waals surface area contributed by atoms with Crippen LogP contribution in [0.25, 0.3) is 0 Å². The summed E-state index contributed by atoms with van der Waals surface area (Å²) in [6.45, 7) is -1.11. The van der Waals surface area contributed by atoms with E-state index < -0.39 is 24.4 Å². The minimum absolute atomic E-state index is 0. The average Bonchev–Trinajstić information content (AvgIpc) is 2.62. The van der Waals surface area contributed by atoms with Crippen LogP contribution in [0, 0.1) is 11.6 Å². The summed E-state index contributed by atoms with van der Waals surface area (Å²) in [6.07, 6.45) is -4.41. The fourth-order valence-electron chi connectivity index (χ4n) is 2.17. The summed E-state index contributed by atoms with van der Waals surface area (Å²) in [7, 11) is 1.50. The van der Waals surface area contributed by atoms with Crippen molar-refractivity contribution in [1.82, 2.24) is 10.6 Å². The topological polar surface area (TPSA) is 45.7 Å². The predicted octanol–water partition coefficient (Wildman–Crippen LogP) is 4.39. The fourth-order valence-corrected chi connectivity index (χ4v) is 2.17. The van der Waals surface area contributed by atoms with Gasteiger partial charge in [-0.1, -0.05) is 12.1 Å². The molecule has 2 N–H and O–H groups in total. The second kappa shape index (κ2) is 11.0. The number of guanidine groups is 1. The van der Waals surface area contributed by atoms with Crippen LogP contribution >= 0.6 is 24.0 Å². The highest BCUT2D eigenvalue weighted by Gasteiger charge is 2.28. The Morgan fingerprint density at radius 1 is 1.04 bits per heavy atom. The maximum absolute atomic E-state index is 13.6. The zero-order chi connectivity index (χ0) is 19.9. The van der Waals surface area contributed by atoms with Crippen molar-refractivity contribution in [3.8, 4) is 5.75 Å². The van der Waals surface area contributed by atoms with E-state index in [4.69, 9.17) is 4.74 Å². The number of ether oxygens (including phenoxy) is 1. The van der Waals surface area contributed by atoms with Gasteiger partial charge in [-0.05, 0) is 35.9 Å². The first-order valence-electron chi connectivity index (χ1n) is 7.94. The molecule has 0 radical (unpaired) electrons. The van der Waals surface area contributed by atoms with Crippen molar-refractivity contribution in [2.24, 2.45) is 4.99 Å². The Morgan fingerprint density at radius 3 is 2.43 bits per heavy atom. The van der Waals surface area contributed by atoms with E-state index in [2.05, 4.69) is 15.6 Å². The van der Waals surface area contributed by atoms with Crippen molar-refractivity contribution >= 4 is 29.9 Å². The van der Waals surface area contributed by atoms with Crippen LogP contribution in [0.4, 0.5) is 22.0 Å². The van der Waals surface area contributed by atoms with E-state index in [-0.39, 0.29) is 48.4 Å². The van der Waals surface area contributed by atoms with Crippen molar-refractivity contribution in [3.05, 3.63) is 65.2 Å². The minimum atomic E-state index is -4.41. The monoisotopic (exact) mass is 515 g/mol. The number of benzene rings is 2. The second-order valence-corrected chi connectivity index (χ2v) is 5.57. The largest absolute Gasteiger partial charge is 0.484 e. The number of halogens is 6. The van der Waals surface area contributed by atoms with E-state index in [1.807, 2.05) is 0 Å². The normalized spacial score (nSPS) is 11.6. The number of rotatable bonds is 6. The van der Waals surface area contributed by atoms with Gasteiger partial charge in [0, 0.05) is 25.7 Å². The molecule has 2 rings (SSSR count). The van der Waals surface area contributed by atoms with Crippen LogP contribution in [0.15, 0.2) is 47.5 Å². The molecule has 0 bridgehead atoms. The van der Waals surface area contributed by atoms with Gasteiger partial charge in [0.1, 0.15) is 17.4 Å². The van der Waals surface area contributed by atoms with Gasteiger partial charge in [-0.25, -0.2) is 8.78 Å². The van der Waals surface area contributed by atoms with Gasteiger partial charge in [0.15, 0.2) is 12.6 Å². The molecular weight excluding hydrogens is 496 g/mol. The predicted molar refractivity (Wildman–Crippen MR) is 107 cm³/mol. The van der Waals surface area contributed by atoms with Crippen molar-refractivity contribution < 1.29 is 26.7 Å². The van der Waals surface area contributed by atoms with Crippen molar-refractivity contribution in [2.45, 2.75) is 19.3 Å². The third-order valence-electron chi connectivity index (χ3n) is 3.44. The number of alkyl halides is 3. The molecule has 0 aliphatic heterocycles. The number of hydrogen-bond acceptors (Lipinski definition) is 2. The molecule has 0 aliphatic rings. The Morgan fingerprint density at radius 2 is 1.75 bits per heavy atom. The second-order valence-electron chi connectivity index (χ2n) is 5.57. The third-order valence-corrected chi connectivity index (χ3v) is 3.44. The quantitative estimate of drug-likeness (QED) is 0.260. The molecule has 0 amide bonds. The zero-order valence-electron chi connectivity index (χ0n) is 14.8. The third kappa shape index (κ3) is 8.28. The molecule has 0 aromatic heterocycles. The van der Waals surface area contributed by atoms with Gasteiger partial charge in [-0.3, -0.25) is 4.99 Å². The first-order chi connectivity index (χ1) is 12.8. The van der Waals surface area contributed by atoms with E-state index in [9.17, 15) is 22.0 Å². The van der Waals surface area contributed by atoms with Crippen LogP contribution in [0.2, 0.25) is 0 Å². The highest BCUT2D eigenvalue weighted by molar-refractivity contribution is 14.0. The molecule has 2 aromatic rings. The Hall–Kier alpha value is -2.11. The molecular formula is C18H19F5IN3O. The fraction of sp³-hybridized carbons (Fsp3) is 0.278. The molecule has 4 nitrogen and oxygen atoms in total. The number of nitrogens with one attached hydrogen (secondary N) is 2. The van der Waals surface area contributed by atoms with Gasteiger partial charge >= 0.3 is 6.18 Å². The highest BCUT2D eigenvalue weighted by atomic mass is 127. The highest BCUT2D eigenvalue weighted by Crippen LogP contribution is 2.19. The average molecular weight is 515 g/mol. The molecule has 0 saturated heterocycles. The molecule has 0 spiro atoms. The van der Waals surface area contributed by atoms with Crippen molar-refractivity contribution in [2.75, 3.05) is 13.7 Å². The van der Waals surface area contributed by atoms with Crippen LogP contribution < -0.4 is 15.4 Å². The minimum Gasteiger partial charge on any atom is -0.484 e. The van der Waals surface area contributed by atoms with E-state index in [1.54, 1.807) is 12.1 Å². The summed E-state index contributed by atoms with van der Waals surface area (Å²) in [5.74, 6) is -0.683. The first-order valence-corrected chi connectivity index (χ1v) is 7.94. The van der Waals surface area contributed by atoms with E-state index in [0.29, 0.717) is 11.5 Å². The molecule has 28 heavy (non-hydrogen) atoms.